The van der Waals surface area contributed by atoms with E-state index in [0.29, 0.717) is 51.1 Å². The van der Waals surface area contributed by atoms with Crippen molar-refractivity contribution in [1.29, 1.82) is 0 Å². The number of aliphatic carboxylic acids is 1. The van der Waals surface area contributed by atoms with Gasteiger partial charge in [0.15, 0.2) is 0 Å². The van der Waals surface area contributed by atoms with Gasteiger partial charge in [0.1, 0.15) is 5.54 Å². The fourth-order valence-electron chi connectivity index (χ4n) is 4.54. The molecule has 0 unspecified atom stereocenters. The third-order valence-electron chi connectivity index (χ3n) is 5.80. The number of hydrogen-bond acceptors (Lipinski definition) is 6. The smallest absolute Gasteiger partial charge is 0.451 e. The normalized spacial score (nSPS) is 29.1. The summed E-state index contributed by atoms with van der Waals surface area (Å²) in [6, 6.07) is -0.681. The molecule has 8 nitrogen and oxygen atoms in total. The van der Waals surface area contributed by atoms with Gasteiger partial charge in [-0.2, -0.15) is 0 Å². The molecule has 1 amide bonds. The van der Waals surface area contributed by atoms with E-state index in [9.17, 15) is 14.7 Å². The van der Waals surface area contributed by atoms with Gasteiger partial charge >= 0.3 is 13.1 Å². The first-order chi connectivity index (χ1) is 12.2. The standard InChI is InChI=1S/C17H32BN3O5/c1-11(2)9-13(19)15(22)21-8-5-12-14(21)10-20-17(12,16(23)24)6-3-4-7-18(25)26/h11-14,20,25-26H,3-10,19H2,1-2H3,(H,23,24)/t12-,13-,14-,17+/m0/s1. The number of likely N-dealkylation sites (tertiary alicyclic amines) is 1. The summed E-state index contributed by atoms with van der Waals surface area (Å²) in [6.45, 7) is 5.05. The molecule has 0 aromatic rings. The van der Waals surface area contributed by atoms with Gasteiger partial charge < -0.3 is 25.8 Å². The van der Waals surface area contributed by atoms with Gasteiger partial charge in [0, 0.05) is 25.0 Å². The zero-order valence-corrected chi connectivity index (χ0v) is 15.7. The predicted octanol–water partition coefficient (Wildman–Crippen LogP) is -0.353. The highest BCUT2D eigenvalue weighted by atomic mass is 16.4. The van der Waals surface area contributed by atoms with Gasteiger partial charge in [-0.15, -0.1) is 0 Å². The molecule has 0 aromatic carbocycles. The van der Waals surface area contributed by atoms with Crippen LogP contribution in [0.1, 0.15) is 46.0 Å². The molecule has 9 heteroatoms. The van der Waals surface area contributed by atoms with Crippen molar-refractivity contribution in [3.05, 3.63) is 0 Å². The first-order valence-corrected chi connectivity index (χ1v) is 9.59. The maximum atomic E-state index is 12.7. The summed E-state index contributed by atoms with van der Waals surface area (Å²) < 4.78 is 0. The monoisotopic (exact) mass is 369 g/mol. The van der Waals surface area contributed by atoms with Gasteiger partial charge in [0.2, 0.25) is 5.91 Å². The van der Waals surface area contributed by atoms with Gasteiger partial charge in [0.25, 0.3) is 0 Å². The first-order valence-electron chi connectivity index (χ1n) is 9.59. The predicted molar refractivity (Wildman–Crippen MR) is 98.3 cm³/mol. The fraction of sp³-hybridized carbons (Fsp3) is 0.882. The second-order valence-corrected chi connectivity index (χ2v) is 8.11. The highest BCUT2D eigenvalue weighted by Crippen LogP contribution is 2.41. The lowest BCUT2D eigenvalue weighted by Gasteiger charge is -2.31. The summed E-state index contributed by atoms with van der Waals surface area (Å²) >= 11 is 0. The molecule has 26 heavy (non-hydrogen) atoms. The molecule has 2 saturated heterocycles. The van der Waals surface area contributed by atoms with Crippen molar-refractivity contribution in [3.63, 3.8) is 0 Å². The number of rotatable bonds is 9. The van der Waals surface area contributed by atoms with E-state index in [1.54, 1.807) is 4.90 Å². The Bertz CT molecular complexity index is 519. The first kappa shape index (κ1) is 21.1. The Morgan fingerprint density at radius 1 is 1.35 bits per heavy atom. The second-order valence-electron chi connectivity index (χ2n) is 8.11. The number of carboxylic acids is 1. The zero-order valence-electron chi connectivity index (χ0n) is 15.7. The Hall–Kier alpha value is -1.16. The number of carbonyl (C=O) groups is 2. The number of nitrogens with two attached hydrogens (primary N) is 1. The summed E-state index contributed by atoms with van der Waals surface area (Å²) in [5.74, 6) is -0.795. The average molecular weight is 369 g/mol. The van der Waals surface area contributed by atoms with Crippen LogP contribution in [0, 0.1) is 11.8 Å². The van der Waals surface area contributed by atoms with Crippen molar-refractivity contribution in [1.82, 2.24) is 10.2 Å². The fourth-order valence-corrected chi connectivity index (χ4v) is 4.54. The molecule has 6 N–H and O–H groups in total. The van der Waals surface area contributed by atoms with Crippen molar-refractivity contribution >= 4 is 19.0 Å². The molecule has 0 saturated carbocycles. The van der Waals surface area contributed by atoms with E-state index in [-0.39, 0.29) is 24.2 Å². The molecule has 0 spiro atoms. The van der Waals surface area contributed by atoms with E-state index < -0.39 is 24.7 Å². The number of nitrogens with one attached hydrogen (secondary N) is 1. The molecule has 0 aliphatic carbocycles. The third-order valence-corrected chi connectivity index (χ3v) is 5.80. The average Bonchev–Trinajstić information content (AvgIpc) is 3.11. The Kier molecular flexibility index (Phi) is 7.07. The number of hydrogen-bond donors (Lipinski definition) is 5. The largest absolute Gasteiger partial charge is 0.480 e. The molecule has 148 valence electrons. The maximum absolute atomic E-state index is 12.7. The van der Waals surface area contributed by atoms with Crippen molar-refractivity contribution in [2.45, 2.75) is 69.9 Å². The van der Waals surface area contributed by atoms with Crippen LogP contribution in [0.25, 0.3) is 0 Å². The van der Waals surface area contributed by atoms with Crippen LogP contribution in [0.4, 0.5) is 0 Å². The minimum absolute atomic E-state index is 0.0856. The zero-order chi connectivity index (χ0) is 19.5. The second kappa shape index (κ2) is 8.69. The summed E-state index contributed by atoms with van der Waals surface area (Å²) in [4.78, 5) is 26.5. The van der Waals surface area contributed by atoms with Crippen LogP contribution in [-0.2, 0) is 9.59 Å². The lowest BCUT2D eigenvalue weighted by molar-refractivity contribution is -0.147. The lowest BCUT2D eigenvalue weighted by Crippen LogP contribution is -2.52. The molecule has 2 aliphatic heterocycles. The molecule has 2 rings (SSSR count). The summed E-state index contributed by atoms with van der Waals surface area (Å²) in [7, 11) is -1.36. The quantitative estimate of drug-likeness (QED) is 0.277. The third kappa shape index (κ3) is 4.39. The molecule has 2 aliphatic rings. The molecular formula is C17H32BN3O5. The summed E-state index contributed by atoms with van der Waals surface area (Å²) in [5, 5.41) is 30.9. The number of unbranched alkanes of at least 4 members (excludes halogenated alkanes) is 1. The number of carbonyl (C=O) groups excluding carboxylic acids is 1. The summed E-state index contributed by atoms with van der Waals surface area (Å²) in [5.41, 5.74) is 5.01. The maximum Gasteiger partial charge on any atom is 0.451 e. The van der Waals surface area contributed by atoms with Crippen LogP contribution in [0.3, 0.4) is 0 Å². The molecular weight excluding hydrogens is 337 g/mol. The summed E-state index contributed by atoms with van der Waals surface area (Å²) in [6.07, 6.45) is 3.05. The Labute approximate surface area is 155 Å². The van der Waals surface area contributed by atoms with Gasteiger partial charge in [-0.3, -0.25) is 14.9 Å². The molecule has 0 radical (unpaired) electrons. The Balaban J connectivity index is 2.04. The molecule has 0 bridgehead atoms. The Morgan fingerprint density at radius 2 is 2.04 bits per heavy atom. The van der Waals surface area contributed by atoms with Gasteiger partial charge in [-0.25, -0.2) is 0 Å². The van der Waals surface area contributed by atoms with E-state index in [4.69, 9.17) is 15.8 Å². The van der Waals surface area contributed by atoms with E-state index in [1.165, 1.54) is 0 Å². The highest BCUT2D eigenvalue weighted by molar-refractivity contribution is 6.40. The van der Waals surface area contributed by atoms with Crippen LogP contribution in [0.2, 0.25) is 6.32 Å². The van der Waals surface area contributed by atoms with Crippen LogP contribution in [0.5, 0.6) is 0 Å². The Morgan fingerprint density at radius 3 is 2.62 bits per heavy atom. The minimum Gasteiger partial charge on any atom is -0.480 e. The van der Waals surface area contributed by atoms with Crippen molar-refractivity contribution < 1.29 is 24.7 Å². The van der Waals surface area contributed by atoms with Crippen molar-refractivity contribution in [2.75, 3.05) is 13.1 Å². The van der Waals surface area contributed by atoms with Crippen LogP contribution in [0.15, 0.2) is 0 Å². The van der Waals surface area contributed by atoms with Crippen molar-refractivity contribution in [3.8, 4) is 0 Å². The van der Waals surface area contributed by atoms with Gasteiger partial charge in [-0.05, 0) is 31.5 Å². The topological polar surface area (TPSA) is 136 Å². The van der Waals surface area contributed by atoms with E-state index >= 15 is 0 Å². The van der Waals surface area contributed by atoms with Crippen molar-refractivity contribution in [2.24, 2.45) is 17.6 Å². The van der Waals surface area contributed by atoms with E-state index in [1.807, 2.05) is 13.8 Å². The number of fused-ring (bicyclic) bond motifs is 1. The number of carboxylic acid groups (broad SMARTS) is 1. The molecule has 0 aromatic heterocycles. The van der Waals surface area contributed by atoms with E-state index in [0.717, 1.165) is 0 Å². The number of amides is 1. The highest BCUT2D eigenvalue weighted by Gasteiger charge is 2.58. The van der Waals surface area contributed by atoms with Gasteiger partial charge in [-0.1, -0.05) is 26.7 Å². The molecule has 2 fully saturated rings. The van der Waals surface area contributed by atoms with Gasteiger partial charge in [0.05, 0.1) is 6.04 Å². The number of nitrogens with zero attached hydrogens (tertiary/aromatic N) is 1. The van der Waals surface area contributed by atoms with E-state index in [2.05, 4.69) is 5.32 Å². The molecule has 2 heterocycles. The SMILES string of the molecule is CC(C)C[C@H](N)C(=O)N1CC[C@H]2[C@@H]1CN[C@@]2(CCCCB(O)O)C(=O)O. The lowest BCUT2D eigenvalue weighted by atomic mass is 9.77. The van der Waals surface area contributed by atoms with Crippen LogP contribution >= 0.6 is 0 Å². The minimum atomic E-state index is -1.36. The molecule has 4 atom stereocenters. The van der Waals surface area contributed by atoms with Crippen LogP contribution in [-0.4, -0.2) is 69.8 Å². The van der Waals surface area contributed by atoms with Crippen LogP contribution < -0.4 is 11.1 Å².